The number of hydrogen-bond donors (Lipinski definition) is 0. The molecule has 1 fully saturated rings. The monoisotopic (exact) mass is 275 g/mol. The van der Waals surface area contributed by atoms with Gasteiger partial charge in [0, 0.05) is 13.1 Å². The maximum absolute atomic E-state index is 12.5. The SMILES string of the molecule is Cc1cccc(O[C@@H](C)C(=O)N2C[C@H](C)C[C@H](C)C2)c1. The fourth-order valence-electron chi connectivity index (χ4n) is 3.04. The minimum atomic E-state index is -0.422. The Bertz CT molecular complexity index is 462. The summed E-state index contributed by atoms with van der Waals surface area (Å²) in [5, 5.41) is 0. The first-order valence-corrected chi connectivity index (χ1v) is 7.48. The van der Waals surface area contributed by atoms with E-state index in [0.717, 1.165) is 24.4 Å². The van der Waals surface area contributed by atoms with Crippen LogP contribution in [0, 0.1) is 18.8 Å². The predicted octanol–water partition coefficient (Wildman–Crippen LogP) is 3.27. The van der Waals surface area contributed by atoms with Crippen LogP contribution in [-0.4, -0.2) is 30.0 Å². The molecule has 1 saturated heterocycles. The van der Waals surface area contributed by atoms with Crippen molar-refractivity contribution in [2.45, 2.75) is 40.2 Å². The molecular formula is C17H25NO2. The van der Waals surface area contributed by atoms with Crippen LogP contribution in [0.15, 0.2) is 24.3 Å². The van der Waals surface area contributed by atoms with E-state index in [9.17, 15) is 4.79 Å². The second kappa shape index (κ2) is 6.29. The average Bonchev–Trinajstić information content (AvgIpc) is 2.36. The van der Waals surface area contributed by atoms with Crippen molar-refractivity contribution in [3.63, 3.8) is 0 Å². The normalized spacial score (nSPS) is 24.3. The highest BCUT2D eigenvalue weighted by atomic mass is 16.5. The standard InChI is InChI=1S/C17H25NO2/c1-12-6-5-7-16(9-12)20-15(4)17(19)18-10-13(2)8-14(3)11-18/h5-7,9,13-15H,8,10-11H2,1-4H3/t13-,14+,15-/m0/s1. The lowest BCUT2D eigenvalue weighted by Crippen LogP contribution is -2.47. The van der Waals surface area contributed by atoms with E-state index in [1.165, 1.54) is 6.42 Å². The zero-order chi connectivity index (χ0) is 14.7. The van der Waals surface area contributed by atoms with E-state index in [4.69, 9.17) is 4.74 Å². The molecule has 2 rings (SSSR count). The summed E-state index contributed by atoms with van der Waals surface area (Å²) in [6, 6.07) is 7.84. The summed E-state index contributed by atoms with van der Waals surface area (Å²) in [4.78, 5) is 14.4. The molecule has 20 heavy (non-hydrogen) atoms. The maximum atomic E-state index is 12.5. The van der Waals surface area contributed by atoms with Gasteiger partial charge in [-0.3, -0.25) is 4.79 Å². The summed E-state index contributed by atoms with van der Waals surface area (Å²) < 4.78 is 5.79. The molecule has 1 aliphatic heterocycles. The van der Waals surface area contributed by atoms with Crippen molar-refractivity contribution in [2.75, 3.05) is 13.1 Å². The molecule has 1 heterocycles. The average molecular weight is 275 g/mol. The first-order chi connectivity index (χ1) is 9.45. The number of ether oxygens (including phenoxy) is 1. The van der Waals surface area contributed by atoms with Gasteiger partial charge in [-0.05, 0) is 49.8 Å². The second-order valence-electron chi connectivity index (χ2n) is 6.27. The van der Waals surface area contributed by atoms with Crippen molar-refractivity contribution in [1.29, 1.82) is 0 Å². The zero-order valence-corrected chi connectivity index (χ0v) is 12.9. The first-order valence-electron chi connectivity index (χ1n) is 7.48. The number of nitrogens with zero attached hydrogens (tertiary/aromatic N) is 1. The number of likely N-dealkylation sites (tertiary alicyclic amines) is 1. The van der Waals surface area contributed by atoms with Crippen molar-refractivity contribution in [3.05, 3.63) is 29.8 Å². The van der Waals surface area contributed by atoms with Gasteiger partial charge in [-0.1, -0.05) is 26.0 Å². The molecule has 1 amide bonds. The lowest BCUT2D eigenvalue weighted by Gasteiger charge is -2.36. The van der Waals surface area contributed by atoms with Crippen LogP contribution in [0.1, 0.15) is 32.8 Å². The molecule has 110 valence electrons. The Morgan fingerprint density at radius 2 is 1.95 bits per heavy atom. The summed E-state index contributed by atoms with van der Waals surface area (Å²) in [6.45, 7) is 9.99. The molecule has 3 heteroatoms. The Hall–Kier alpha value is -1.51. The van der Waals surface area contributed by atoms with Crippen LogP contribution in [0.4, 0.5) is 0 Å². The molecule has 0 unspecified atom stereocenters. The Balaban J connectivity index is 1.98. The van der Waals surface area contributed by atoms with Gasteiger partial charge in [0.2, 0.25) is 0 Å². The molecule has 0 aromatic heterocycles. The van der Waals surface area contributed by atoms with Gasteiger partial charge in [-0.2, -0.15) is 0 Å². The zero-order valence-electron chi connectivity index (χ0n) is 12.9. The van der Waals surface area contributed by atoms with Crippen LogP contribution in [-0.2, 0) is 4.79 Å². The van der Waals surface area contributed by atoms with Gasteiger partial charge in [-0.15, -0.1) is 0 Å². The van der Waals surface area contributed by atoms with Crippen molar-refractivity contribution in [1.82, 2.24) is 4.90 Å². The minimum Gasteiger partial charge on any atom is -0.481 e. The Morgan fingerprint density at radius 3 is 2.55 bits per heavy atom. The van der Waals surface area contributed by atoms with Crippen molar-refractivity contribution in [2.24, 2.45) is 11.8 Å². The number of piperidine rings is 1. The predicted molar refractivity (Wildman–Crippen MR) is 80.8 cm³/mol. The fraction of sp³-hybridized carbons (Fsp3) is 0.588. The number of rotatable bonds is 3. The number of aryl methyl sites for hydroxylation is 1. The summed E-state index contributed by atoms with van der Waals surface area (Å²) in [5.74, 6) is 2.02. The number of amides is 1. The molecule has 0 N–H and O–H groups in total. The highest BCUT2D eigenvalue weighted by Gasteiger charge is 2.29. The third-order valence-corrected chi connectivity index (χ3v) is 3.83. The lowest BCUT2D eigenvalue weighted by molar-refractivity contribution is -0.140. The van der Waals surface area contributed by atoms with Gasteiger partial charge in [-0.25, -0.2) is 0 Å². The molecule has 3 nitrogen and oxygen atoms in total. The third kappa shape index (κ3) is 3.75. The van der Waals surface area contributed by atoms with E-state index >= 15 is 0 Å². The van der Waals surface area contributed by atoms with Crippen LogP contribution in [0.5, 0.6) is 5.75 Å². The molecule has 3 atom stereocenters. The topological polar surface area (TPSA) is 29.5 Å². The van der Waals surface area contributed by atoms with Gasteiger partial charge in [0.15, 0.2) is 6.10 Å². The summed E-state index contributed by atoms with van der Waals surface area (Å²) >= 11 is 0. The smallest absolute Gasteiger partial charge is 0.263 e. The van der Waals surface area contributed by atoms with Crippen LogP contribution >= 0.6 is 0 Å². The summed E-state index contributed by atoms with van der Waals surface area (Å²) in [6.07, 6.45) is 0.783. The fourth-order valence-corrected chi connectivity index (χ4v) is 3.04. The highest BCUT2D eigenvalue weighted by molar-refractivity contribution is 5.81. The maximum Gasteiger partial charge on any atom is 0.263 e. The van der Waals surface area contributed by atoms with Gasteiger partial charge < -0.3 is 9.64 Å². The van der Waals surface area contributed by atoms with Crippen LogP contribution < -0.4 is 4.74 Å². The number of hydrogen-bond acceptors (Lipinski definition) is 2. The van der Waals surface area contributed by atoms with Gasteiger partial charge in [0.1, 0.15) is 5.75 Å². The van der Waals surface area contributed by atoms with E-state index in [1.807, 2.05) is 43.0 Å². The molecular weight excluding hydrogens is 250 g/mol. The largest absolute Gasteiger partial charge is 0.481 e. The molecule has 1 aromatic carbocycles. The Morgan fingerprint density at radius 1 is 1.30 bits per heavy atom. The van der Waals surface area contributed by atoms with E-state index in [2.05, 4.69) is 13.8 Å². The quantitative estimate of drug-likeness (QED) is 0.847. The van der Waals surface area contributed by atoms with E-state index in [-0.39, 0.29) is 5.91 Å². The number of carbonyl (C=O) groups excluding carboxylic acids is 1. The second-order valence-corrected chi connectivity index (χ2v) is 6.27. The van der Waals surface area contributed by atoms with Crippen LogP contribution in [0.2, 0.25) is 0 Å². The summed E-state index contributed by atoms with van der Waals surface area (Å²) in [5.41, 5.74) is 1.14. The number of carbonyl (C=O) groups is 1. The molecule has 0 saturated carbocycles. The Labute approximate surface area is 121 Å². The van der Waals surface area contributed by atoms with Gasteiger partial charge in [0.05, 0.1) is 0 Å². The summed E-state index contributed by atoms with van der Waals surface area (Å²) in [7, 11) is 0. The van der Waals surface area contributed by atoms with Crippen LogP contribution in [0.25, 0.3) is 0 Å². The number of benzene rings is 1. The van der Waals surface area contributed by atoms with E-state index in [0.29, 0.717) is 11.8 Å². The Kier molecular flexibility index (Phi) is 4.69. The van der Waals surface area contributed by atoms with Crippen LogP contribution in [0.3, 0.4) is 0 Å². The lowest BCUT2D eigenvalue weighted by atomic mass is 9.91. The molecule has 1 aliphatic rings. The van der Waals surface area contributed by atoms with Gasteiger partial charge >= 0.3 is 0 Å². The first kappa shape index (κ1) is 14.9. The molecule has 0 spiro atoms. The molecule has 0 radical (unpaired) electrons. The third-order valence-electron chi connectivity index (χ3n) is 3.83. The van der Waals surface area contributed by atoms with Crippen molar-refractivity contribution >= 4 is 5.91 Å². The molecule has 1 aromatic rings. The van der Waals surface area contributed by atoms with Gasteiger partial charge in [0.25, 0.3) is 5.91 Å². The minimum absolute atomic E-state index is 0.102. The highest BCUT2D eigenvalue weighted by Crippen LogP contribution is 2.22. The van der Waals surface area contributed by atoms with E-state index in [1.54, 1.807) is 0 Å². The van der Waals surface area contributed by atoms with Crippen molar-refractivity contribution in [3.8, 4) is 5.75 Å². The molecule has 0 aliphatic carbocycles. The van der Waals surface area contributed by atoms with Crippen molar-refractivity contribution < 1.29 is 9.53 Å². The van der Waals surface area contributed by atoms with E-state index < -0.39 is 6.10 Å². The molecule has 0 bridgehead atoms.